The predicted octanol–water partition coefficient (Wildman–Crippen LogP) is 2.64. The van der Waals surface area contributed by atoms with Gasteiger partial charge in [-0.2, -0.15) is 0 Å². The monoisotopic (exact) mass is 205 g/mol. The third kappa shape index (κ3) is 2.51. The Balaban J connectivity index is 2.04. The SMILES string of the molecule is Cc1ccccc1OC1CCCCC1N. The highest BCUT2D eigenvalue weighted by Crippen LogP contribution is 2.24. The zero-order chi connectivity index (χ0) is 10.7. The molecule has 0 amide bonds. The van der Waals surface area contributed by atoms with Crippen LogP contribution in [0.3, 0.4) is 0 Å². The Morgan fingerprint density at radius 2 is 1.93 bits per heavy atom. The van der Waals surface area contributed by atoms with Gasteiger partial charge in [0, 0.05) is 6.04 Å². The van der Waals surface area contributed by atoms with Gasteiger partial charge in [0.25, 0.3) is 0 Å². The Hall–Kier alpha value is -1.02. The zero-order valence-electron chi connectivity index (χ0n) is 9.28. The van der Waals surface area contributed by atoms with Gasteiger partial charge in [0.1, 0.15) is 11.9 Å². The van der Waals surface area contributed by atoms with E-state index in [0.29, 0.717) is 0 Å². The van der Waals surface area contributed by atoms with Crippen LogP contribution in [-0.2, 0) is 0 Å². The average molecular weight is 205 g/mol. The molecule has 1 aliphatic carbocycles. The van der Waals surface area contributed by atoms with Crippen molar-refractivity contribution in [3.05, 3.63) is 29.8 Å². The van der Waals surface area contributed by atoms with Gasteiger partial charge in [0.05, 0.1) is 0 Å². The van der Waals surface area contributed by atoms with Crippen molar-refractivity contribution in [2.24, 2.45) is 5.73 Å². The van der Waals surface area contributed by atoms with Gasteiger partial charge >= 0.3 is 0 Å². The summed E-state index contributed by atoms with van der Waals surface area (Å²) in [6, 6.07) is 8.35. The number of para-hydroxylation sites is 1. The minimum absolute atomic E-state index is 0.207. The Bertz CT molecular complexity index is 324. The maximum atomic E-state index is 6.05. The lowest BCUT2D eigenvalue weighted by Crippen LogP contribution is -2.41. The number of hydrogen-bond acceptors (Lipinski definition) is 2. The molecule has 2 unspecified atom stereocenters. The molecule has 0 aromatic heterocycles. The number of aryl methyl sites for hydroxylation is 1. The van der Waals surface area contributed by atoms with E-state index >= 15 is 0 Å². The summed E-state index contributed by atoms with van der Waals surface area (Å²) >= 11 is 0. The van der Waals surface area contributed by atoms with Crippen LogP contribution >= 0.6 is 0 Å². The Morgan fingerprint density at radius 3 is 2.67 bits per heavy atom. The minimum Gasteiger partial charge on any atom is -0.489 e. The standard InChI is InChI=1S/C13H19NO/c1-10-6-2-4-8-12(10)15-13-9-5-3-7-11(13)14/h2,4,6,8,11,13H,3,5,7,9,14H2,1H3. The Labute approximate surface area is 91.4 Å². The molecule has 15 heavy (non-hydrogen) atoms. The van der Waals surface area contributed by atoms with E-state index in [0.717, 1.165) is 18.6 Å². The van der Waals surface area contributed by atoms with Crippen molar-refractivity contribution in [1.82, 2.24) is 0 Å². The second-order valence-electron chi connectivity index (χ2n) is 4.37. The molecule has 1 aromatic rings. The van der Waals surface area contributed by atoms with Crippen molar-refractivity contribution < 1.29 is 4.74 Å². The summed E-state index contributed by atoms with van der Waals surface area (Å²) in [5.41, 5.74) is 7.24. The number of ether oxygens (including phenoxy) is 1. The first-order chi connectivity index (χ1) is 7.27. The van der Waals surface area contributed by atoms with E-state index in [1.807, 2.05) is 18.2 Å². The molecule has 2 nitrogen and oxygen atoms in total. The highest BCUT2D eigenvalue weighted by atomic mass is 16.5. The van der Waals surface area contributed by atoms with Crippen LogP contribution in [0.1, 0.15) is 31.2 Å². The van der Waals surface area contributed by atoms with Gasteiger partial charge in [0.15, 0.2) is 0 Å². The summed E-state index contributed by atoms with van der Waals surface area (Å²) in [5, 5.41) is 0. The fourth-order valence-electron chi connectivity index (χ4n) is 2.12. The molecule has 0 bridgehead atoms. The van der Waals surface area contributed by atoms with Crippen LogP contribution in [0.25, 0.3) is 0 Å². The summed E-state index contributed by atoms with van der Waals surface area (Å²) in [7, 11) is 0. The van der Waals surface area contributed by atoms with E-state index in [-0.39, 0.29) is 12.1 Å². The summed E-state index contributed by atoms with van der Waals surface area (Å²) < 4.78 is 5.97. The lowest BCUT2D eigenvalue weighted by Gasteiger charge is -2.29. The summed E-state index contributed by atoms with van der Waals surface area (Å²) in [5.74, 6) is 0.986. The Morgan fingerprint density at radius 1 is 1.20 bits per heavy atom. The van der Waals surface area contributed by atoms with Crippen molar-refractivity contribution in [1.29, 1.82) is 0 Å². The first-order valence-electron chi connectivity index (χ1n) is 5.75. The molecule has 0 radical (unpaired) electrons. The van der Waals surface area contributed by atoms with Crippen molar-refractivity contribution in [2.45, 2.75) is 44.8 Å². The van der Waals surface area contributed by atoms with E-state index in [4.69, 9.17) is 10.5 Å². The molecular weight excluding hydrogens is 186 g/mol. The van der Waals surface area contributed by atoms with Crippen LogP contribution < -0.4 is 10.5 Å². The molecule has 0 spiro atoms. The van der Waals surface area contributed by atoms with Gasteiger partial charge in [-0.3, -0.25) is 0 Å². The van der Waals surface area contributed by atoms with Crippen molar-refractivity contribution in [3.8, 4) is 5.75 Å². The summed E-state index contributed by atoms with van der Waals surface area (Å²) in [6.07, 6.45) is 4.88. The molecule has 2 heteroatoms. The average Bonchev–Trinajstić information content (AvgIpc) is 2.24. The third-order valence-electron chi connectivity index (χ3n) is 3.13. The van der Waals surface area contributed by atoms with Crippen LogP contribution in [0.15, 0.2) is 24.3 Å². The topological polar surface area (TPSA) is 35.2 Å². The second kappa shape index (κ2) is 4.67. The van der Waals surface area contributed by atoms with Crippen molar-refractivity contribution >= 4 is 0 Å². The van der Waals surface area contributed by atoms with Crippen LogP contribution in [-0.4, -0.2) is 12.1 Å². The van der Waals surface area contributed by atoms with Gasteiger partial charge in [-0.15, -0.1) is 0 Å². The van der Waals surface area contributed by atoms with Crippen LogP contribution in [0.4, 0.5) is 0 Å². The van der Waals surface area contributed by atoms with Gasteiger partial charge in [0.2, 0.25) is 0 Å². The van der Waals surface area contributed by atoms with E-state index in [1.165, 1.54) is 18.4 Å². The molecule has 1 aliphatic rings. The smallest absolute Gasteiger partial charge is 0.122 e. The van der Waals surface area contributed by atoms with E-state index in [9.17, 15) is 0 Å². The minimum atomic E-state index is 0.207. The first kappa shape index (κ1) is 10.5. The lowest BCUT2D eigenvalue weighted by atomic mass is 9.93. The van der Waals surface area contributed by atoms with Crippen LogP contribution in [0.5, 0.6) is 5.75 Å². The van der Waals surface area contributed by atoms with Crippen LogP contribution in [0, 0.1) is 6.92 Å². The predicted molar refractivity (Wildman–Crippen MR) is 62.0 cm³/mol. The maximum absolute atomic E-state index is 6.05. The maximum Gasteiger partial charge on any atom is 0.122 e. The number of benzene rings is 1. The van der Waals surface area contributed by atoms with Crippen LogP contribution in [0.2, 0.25) is 0 Å². The number of rotatable bonds is 2. The third-order valence-corrected chi connectivity index (χ3v) is 3.13. The van der Waals surface area contributed by atoms with E-state index in [2.05, 4.69) is 13.0 Å². The van der Waals surface area contributed by atoms with Crippen molar-refractivity contribution in [3.63, 3.8) is 0 Å². The normalized spacial score (nSPS) is 26.3. The van der Waals surface area contributed by atoms with Gasteiger partial charge < -0.3 is 10.5 Å². The molecule has 2 N–H and O–H groups in total. The molecule has 0 heterocycles. The molecule has 2 rings (SSSR count). The highest BCUT2D eigenvalue weighted by molar-refractivity contribution is 5.32. The fraction of sp³-hybridized carbons (Fsp3) is 0.538. The largest absolute Gasteiger partial charge is 0.489 e. The first-order valence-corrected chi connectivity index (χ1v) is 5.75. The van der Waals surface area contributed by atoms with E-state index in [1.54, 1.807) is 0 Å². The molecule has 0 aliphatic heterocycles. The molecule has 82 valence electrons. The number of nitrogens with two attached hydrogens (primary N) is 1. The van der Waals surface area contributed by atoms with E-state index < -0.39 is 0 Å². The highest BCUT2D eigenvalue weighted by Gasteiger charge is 2.23. The number of hydrogen-bond donors (Lipinski definition) is 1. The zero-order valence-corrected chi connectivity index (χ0v) is 9.28. The summed E-state index contributed by atoms with van der Waals surface area (Å²) in [4.78, 5) is 0. The van der Waals surface area contributed by atoms with Gasteiger partial charge in [-0.25, -0.2) is 0 Å². The lowest BCUT2D eigenvalue weighted by molar-refractivity contribution is 0.131. The Kier molecular flexibility index (Phi) is 3.27. The summed E-state index contributed by atoms with van der Waals surface area (Å²) in [6.45, 7) is 2.07. The molecule has 1 fully saturated rings. The fourth-order valence-corrected chi connectivity index (χ4v) is 2.12. The second-order valence-corrected chi connectivity index (χ2v) is 4.37. The molecule has 0 saturated heterocycles. The molecule has 1 saturated carbocycles. The molecule has 2 atom stereocenters. The van der Waals surface area contributed by atoms with Gasteiger partial charge in [-0.05, 0) is 37.8 Å². The quantitative estimate of drug-likeness (QED) is 0.805. The van der Waals surface area contributed by atoms with Crippen molar-refractivity contribution in [2.75, 3.05) is 0 Å². The molecular formula is C13H19NO. The van der Waals surface area contributed by atoms with Gasteiger partial charge in [-0.1, -0.05) is 24.6 Å². The molecule has 1 aromatic carbocycles.